The normalized spacial score (nSPS) is 11.8. The lowest BCUT2D eigenvalue weighted by Crippen LogP contribution is -2.12. The molecular weight excluding hydrogens is 319 g/mol. The van der Waals surface area contributed by atoms with Crippen LogP contribution in [0, 0.1) is 0 Å². The number of nitrogens with zero attached hydrogens (tertiary/aromatic N) is 1. The summed E-state index contributed by atoms with van der Waals surface area (Å²) in [6, 6.07) is 5.61. The highest BCUT2D eigenvalue weighted by Crippen LogP contribution is 2.27. The summed E-state index contributed by atoms with van der Waals surface area (Å²) >= 11 is 12.2. The summed E-state index contributed by atoms with van der Waals surface area (Å²) in [7, 11) is 0. The Balaban J connectivity index is 2.98. The second-order valence-electron chi connectivity index (χ2n) is 2.34. The minimum atomic E-state index is 0.244. The fourth-order valence-electron chi connectivity index (χ4n) is 0.750. The maximum absolute atomic E-state index is 5.50. The Morgan fingerprint density at radius 1 is 1.38 bits per heavy atom. The molecule has 1 rings (SSSR count). The molecule has 0 atom stereocenters. The monoisotopic (exact) mass is 324 g/mol. The zero-order chi connectivity index (χ0) is 9.84. The Kier molecular flexibility index (Phi) is 4.22. The molecule has 0 saturated carbocycles. The SMILES string of the molecule is NC(CCl)=Nc1ccc(Br)c(Br)c1. The number of halogens is 3. The lowest BCUT2D eigenvalue weighted by atomic mass is 10.3. The van der Waals surface area contributed by atoms with E-state index in [1.165, 1.54) is 0 Å². The molecule has 0 aromatic heterocycles. The molecule has 5 heteroatoms. The molecule has 70 valence electrons. The minimum absolute atomic E-state index is 0.244. The summed E-state index contributed by atoms with van der Waals surface area (Å²) in [5.41, 5.74) is 6.27. The average molecular weight is 326 g/mol. The molecule has 1 aromatic rings. The Labute approximate surface area is 98.4 Å². The van der Waals surface area contributed by atoms with Crippen molar-refractivity contribution in [3.05, 3.63) is 27.1 Å². The molecule has 0 spiro atoms. The average Bonchev–Trinajstić information content (AvgIpc) is 2.11. The number of nitrogens with two attached hydrogens (primary N) is 1. The molecule has 1 aromatic carbocycles. The van der Waals surface area contributed by atoms with Crippen molar-refractivity contribution >= 4 is 55.0 Å². The lowest BCUT2D eigenvalue weighted by Gasteiger charge is -1.99. The maximum atomic E-state index is 5.50. The van der Waals surface area contributed by atoms with E-state index in [4.69, 9.17) is 17.3 Å². The van der Waals surface area contributed by atoms with Gasteiger partial charge in [-0.25, -0.2) is 4.99 Å². The Hall–Kier alpha value is -0.0600. The smallest absolute Gasteiger partial charge is 0.115 e. The molecule has 13 heavy (non-hydrogen) atoms. The Bertz CT molecular complexity index is 339. The van der Waals surface area contributed by atoms with Gasteiger partial charge in [0.05, 0.1) is 11.6 Å². The van der Waals surface area contributed by atoms with Gasteiger partial charge in [0.25, 0.3) is 0 Å². The number of amidine groups is 1. The van der Waals surface area contributed by atoms with Gasteiger partial charge in [-0.2, -0.15) is 0 Å². The fourth-order valence-corrected chi connectivity index (χ4v) is 1.42. The van der Waals surface area contributed by atoms with Gasteiger partial charge in [0.1, 0.15) is 5.84 Å². The molecule has 0 bridgehead atoms. The molecule has 0 unspecified atom stereocenters. The number of benzene rings is 1. The molecule has 2 nitrogen and oxygen atoms in total. The topological polar surface area (TPSA) is 38.4 Å². The van der Waals surface area contributed by atoms with E-state index in [0.29, 0.717) is 5.84 Å². The van der Waals surface area contributed by atoms with E-state index in [-0.39, 0.29) is 5.88 Å². The molecule has 0 fully saturated rings. The summed E-state index contributed by atoms with van der Waals surface area (Å²) < 4.78 is 1.92. The van der Waals surface area contributed by atoms with Gasteiger partial charge in [-0.15, -0.1) is 11.6 Å². The lowest BCUT2D eigenvalue weighted by molar-refractivity contribution is 1.43. The van der Waals surface area contributed by atoms with Crippen molar-refractivity contribution in [1.29, 1.82) is 0 Å². The van der Waals surface area contributed by atoms with Crippen LogP contribution in [0.15, 0.2) is 32.1 Å². The molecular formula is C8H7Br2ClN2. The summed E-state index contributed by atoms with van der Waals surface area (Å²) in [6.07, 6.45) is 0. The van der Waals surface area contributed by atoms with Crippen LogP contribution >= 0.6 is 43.5 Å². The van der Waals surface area contributed by atoms with Crippen molar-refractivity contribution in [2.45, 2.75) is 0 Å². The van der Waals surface area contributed by atoms with E-state index in [1.807, 2.05) is 18.2 Å². The van der Waals surface area contributed by atoms with E-state index >= 15 is 0 Å². The van der Waals surface area contributed by atoms with Crippen LogP contribution in [0.3, 0.4) is 0 Å². The summed E-state index contributed by atoms with van der Waals surface area (Å²) in [5.74, 6) is 0.657. The minimum Gasteiger partial charge on any atom is -0.386 e. The highest BCUT2D eigenvalue weighted by Gasteiger charge is 1.97. The van der Waals surface area contributed by atoms with E-state index in [1.54, 1.807) is 0 Å². The molecule has 0 amide bonds. The van der Waals surface area contributed by atoms with E-state index in [9.17, 15) is 0 Å². The van der Waals surface area contributed by atoms with Gasteiger partial charge in [-0.05, 0) is 50.1 Å². The Morgan fingerprint density at radius 2 is 2.08 bits per heavy atom. The summed E-state index contributed by atoms with van der Waals surface area (Å²) in [5, 5.41) is 0. The number of hydrogen-bond donors (Lipinski definition) is 1. The van der Waals surface area contributed by atoms with E-state index < -0.39 is 0 Å². The van der Waals surface area contributed by atoms with Crippen molar-refractivity contribution in [3.8, 4) is 0 Å². The number of hydrogen-bond acceptors (Lipinski definition) is 1. The first-order chi connectivity index (χ1) is 6.13. The third kappa shape index (κ3) is 3.29. The molecule has 0 heterocycles. The van der Waals surface area contributed by atoms with Gasteiger partial charge < -0.3 is 5.73 Å². The van der Waals surface area contributed by atoms with Gasteiger partial charge in [0.15, 0.2) is 0 Å². The van der Waals surface area contributed by atoms with E-state index in [0.717, 1.165) is 14.6 Å². The Morgan fingerprint density at radius 3 is 2.62 bits per heavy atom. The van der Waals surface area contributed by atoms with Crippen molar-refractivity contribution in [2.24, 2.45) is 10.7 Å². The van der Waals surface area contributed by atoms with E-state index in [2.05, 4.69) is 36.9 Å². The first-order valence-corrected chi connectivity index (χ1v) is 5.59. The molecule has 0 aliphatic heterocycles. The zero-order valence-corrected chi connectivity index (χ0v) is 10.5. The highest BCUT2D eigenvalue weighted by atomic mass is 79.9. The first kappa shape index (κ1) is 11.0. The van der Waals surface area contributed by atoms with Crippen LogP contribution in [0.4, 0.5) is 5.69 Å². The second kappa shape index (κ2) is 4.98. The predicted molar refractivity (Wildman–Crippen MR) is 63.8 cm³/mol. The third-order valence-electron chi connectivity index (χ3n) is 1.31. The summed E-state index contributed by atoms with van der Waals surface area (Å²) in [6.45, 7) is 0. The van der Waals surface area contributed by atoms with Gasteiger partial charge in [-0.1, -0.05) is 0 Å². The van der Waals surface area contributed by atoms with Crippen LogP contribution in [0.5, 0.6) is 0 Å². The number of rotatable bonds is 2. The maximum Gasteiger partial charge on any atom is 0.115 e. The molecule has 0 aliphatic rings. The van der Waals surface area contributed by atoms with Crippen molar-refractivity contribution in [1.82, 2.24) is 0 Å². The van der Waals surface area contributed by atoms with Crippen molar-refractivity contribution in [3.63, 3.8) is 0 Å². The van der Waals surface area contributed by atoms with Crippen LogP contribution in [0.2, 0.25) is 0 Å². The van der Waals surface area contributed by atoms with Gasteiger partial charge in [0.2, 0.25) is 0 Å². The van der Waals surface area contributed by atoms with Crippen LogP contribution in [-0.4, -0.2) is 11.7 Å². The first-order valence-electron chi connectivity index (χ1n) is 3.47. The molecule has 0 aliphatic carbocycles. The predicted octanol–water partition coefficient (Wildman–Crippen LogP) is 3.44. The van der Waals surface area contributed by atoms with Gasteiger partial charge >= 0.3 is 0 Å². The fraction of sp³-hybridized carbons (Fsp3) is 0.125. The molecule has 0 radical (unpaired) electrons. The van der Waals surface area contributed by atoms with Crippen LogP contribution < -0.4 is 5.73 Å². The van der Waals surface area contributed by atoms with Crippen molar-refractivity contribution < 1.29 is 0 Å². The standard InChI is InChI=1S/C8H7Br2ClN2/c9-6-2-1-5(3-7(6)10)13-8(12)4-11/h1-3H,4H2,(H2,12,13). The van der Waals surface area contributed by atoms with Crippen LogP contribution in [0.25, 0.3) is 0 Å². The second-order valence-corrected chi connectivity index (χ2v) is 4.31. The number of alkyl halides is 1. The third-order valence-corrected chi connectivity index (χ3v) is 3.47. The van der Waals surface area contributed by atoms with Gasteiger partial charge in [-0.3, -0.25) is 0 Å². The summed E-state index contributed by atoms with van der Waals surface area (Å²) in [4.78, 5) is 4.09. The van der Waals surface area contributed by atoms with Crippen LogP contribution in [-0.2, 0) is 0 Å². The quantitative estimate of drug-likeness (QED) is 0.505. The highest BCUT2D eigenvalue weighted by molar-refractivity contribution is 9.13. The van der Waals surface area contributed by atoms with Gasteiger partial charge in [0, 0.05) is 8.95 Å². The zero-order valence-electron chi connectivity index (χ0n) is 6.60. The molecule has 2 N–H and O–H groups in total. The van der Waals surface area contributed by atoms with Crippen LogP contribution in [0.1, 0.15) is 0 Å². The number of aliphatic imine (C=N–C) groups is 1. The molecule has 0 saturated heterocycles. The largest absolute Gasteiger partial charge is 0.386 e. The van der Waals surface area contributed by atoms with Crippen molar-refractivity contribution in [2.75, 3.05) is 5.88 Å².